The van der Waals surface area contributed by atoms with Crippen LogP contribution >= 0.6 is 0 Å². The van der Waals surface area contributed by atoms with Gasteiger partial charge in [-0.15, -0.1) is 0 Å². The highest BCUT2D eigenvalue weighted by Gasteiger charge is 2.22. The number of aromatic nitrogens is 2. The van der Waals surface area contributed by atoms with Crippen molar-refractivity contribution >= 4 is 43.6 Å². The van der Waals surface area contributed by atoms with Gasteiger partial charge in [-0.05, 0) is 27.3 Å². The molecule has 0 spiro atoms. The van der Waals surface area contributed by atoms with Crippen LogP contribution in [0.25, 0.3) is 77.4 Å². The Kier molecular flexibility index (Phi) is 4.82. The number of nitrogens with zero attached hydrogens (tertiary/aromatic N) is 2. The third kappa shape index (κ3) is 3.44. The largest absolute Gasteiger partial charge is 0.437 e. The minimum atomic E-state index is 0.600. The lowest BCUT2D eigenvalue weighted by Gasteiger charge is -2.09. The SMILES string of the molecule is c1ccc(-c2ccc(-c3nc(-c4ccccc4)nc4oc5c6ccccc6c6ccccc6c5c34)cc2)cc1. The molecule has 0 N–H and O–H groups in total. The Labute approximate surface area is 225 Å². The van der Waals surface area contributed by atoms with Crippen LogP contribution in [0.5, 0.6) is 0 Å². The lowest BCUT2D eigenvalue weighted by molar-refractivity contribution is 0.657. The van der Waals surface area contributed by atoms with E-state index in [-0.39, 0.29) is 0 Å². The second-order valence-corrected chi connectivity index (χ2v) is 9.78. The van der Waals surface area contributed by atoms with Crippen LogP contribution < -0.4 is 0 Å². The molecular formula is C36H22N2O. The number of fused-ring (bicyclic) bond motifs is 8. The lowest BCUT2D eigenvalue weighted by Crippen LogP contribution is -1.94. The van der Waals surface area contributed by atoms with Gasteiger partial charge < -0.3 is 4.42 Å². The molecule has 182 valence electrons. The quantitative estimate of drug-likeness (QED) is 0.228. The fourth-order valence-corrected chi connectivity index (χ4v) is 5.68. The summed E-state index contributed by atoms with van der Waals surface area (Å²) in [4.78, 5) is 10.2. The zero-order chi connectivity index (χ0) is 25.8. The average molecular weight is 499 g/mol. The highest BCUT2D eigenvalue weighted by atomic mass is 16.3. The fraction of sp³-hybridized carbons (Fsp3) is 0. The van der Waals surface area contributed by atoms with E-state index in [0.29, 0.717) is 11.5 Å². The normalized spacial score (nSPS) is 11.6. The summed E-state index contributed by atoms with van der Waals surface area (Å²) in [7, 11) is 0. The van der Waals surface area contributed by atoms with Gasteiger partial charge in [0.1, 0.15) is 5.58 Å². The molecule has 3 heteroatoms. The molecule has 0 aliphatic rings. The fourth-order valence-electron chi connectivity index (χ4n) is 5.68. The Morgan fingerprint density at radius 2 is 0.897 bits per heavy atom. The van der Waals surface area contributed by atoms with Crippen LogP contribution in [-0.4, -0.2) is 9.97 Å². The van der Waals surface area contributed by atoms with Gasteiger partial charge in [-0.25, -0.2) is 4.98 Å². The summed E-state index contributed by atoms with van der Waals surface area (Å²) >= 11 is 0. The van der Waals surface area contributed by atoms with Gasteiger partial charge in [0.15, 0.2) is 5.82 Å². The summed E-state index contributed by atoms with van der Waals surface area (Å²) in [6.07, 6.45) is 0. The Morgan fingerprint density at radius 3 is 1.59 bits per heavy atom. The first-order chi connectivity index (χ1) is 19.3. The molecule has 0 atom stereocenters. The van der Waals surface area contributed by atoms with E-state index < -0.39 is 0 Å². The molecule has 0 saturated heterocycles. The van der Waals surface area contributed by atoms with Gasteiger partial charge in [0.25, 0.3) is 0 Å². The second kappa shape index (κ2) is 8.64. The Balaban J connectivity index is 1.49. The van der Waals surface area contributed by atoms with Crippen molar-refractivity contribution in [3.05, 3.63) is 133 Å². The summed E-state index contributed by atoms with van der Waals surface area (Å²) in [6.45, 7) is 0. The zero-order valence-electron chi connectivity index (χ0n) is 21.0. The van der Waals surface area contributed by atoms with Crippen LogP contribution in [-0.2, 0) is 0 Å². The molecule has 0 fully saturated rings. The second-order valence-electron chi connectivity index (χ2n) is 9.78. The molecule has 0 aliphatic heterocycles. The molecule has 0 amide bonds. The molecule has 8 rings (SSSR count). The van der Waals surface area contributed by atoms with E-state index in [1.807, 2.05) is 36.4 Å². The molecule has 8 aromatic rings. The van der Waals surface area contributed by atoms with E-state index in [4.69, 9.17) is 14.4 Å². The lowest BCUT2D eigenvalue weighted by atomic mass is 9.95. The molecule has 0 unspecified atom stereocenters. The molecule has 0 aliphatic carbocycles. The first-order valence-corrected chi connectivity index (χ1v) is 13.1. The van der Waals surface area contributed by atoms with Crippen LogP contribution in [0.1, 0.15) is 0 Å². The first-order valence-electron chi connectivity index (χ1n) is 13.1. The minimum absolute atomic E-state index is 0.600. The predicted octanol–water partition coefficient (Wildman–Crippen LogP) is 9.68. The predicted molar refractivity (Wildman–Crippen MR) is 161 cm³/mol. The summed E-state index contributed by atoms with van der Waals surface area (Å²) in [5.74, 6) is 0.651. The maximum atomic E-state index is 6.64. The average Bonchev–Trinajstić information content (AvgIpc) is 3.42. The van der Waals surface area contributed by atoms with E-state index in [1.54, 1.807) is 0 Å². The minimum Gasteiger partial charge on any atom is -0.437 e. The third-order valence-electron chi connectivity index (χ3n) is 7.51. The van der Waals surface area contributed by atoms with E-state index in [2.05, 4.69) is 97.1 Å². The molecule has 2 aromatic heterocycles. The number of benzene rings is 6. The van der Waals surface area contributed by atoms with Gasteiger partial charge in [0.05, 0.1) is 11.1 Å². The summed E-state index contributed by atoms with van der Waals surface area (Å²) in [5, 5.41) is 6.59. The number of hydrogen-bond acceptors (Lipinski definition) is 3. The van der Waals surface area contributed by atoms with Crippen molar-refractivity contribution in [2.45, 2.75) is 0 Å². The standard InChI is InChI=1S/C36H22N2O/c1-3-11-23(12-4-1)24-19-21-25(22-20-24)33-32-31-29-17-9-7-15-27(29)28-16-8-10-18-30(28)34(31)39-36(32)38-35(37-33)26-13-5-2-6-14-26/h1-22H. The third-order valence-corrected chi connectivity index (χ3v) is 7.51. The van der Waals surface area contributed by atoms with Crippen molar-refractivity contribution in [2.75, 3.05) is 0 Å². The molecule has 0 saturated carbocycles. The van der Waals surface area contributed by atoms with E-state index >= 15 is 0 Å². The first kappa shape index (κ1) is 21.8. The van der Waals surface area contributed by atoms with Crippen molar-refractivity contribution in [1.82, 2.24) is 9.97 Å². The van der Waals surface area contributed by atoms with E-state index in [0.717, 1.165) is 43.9 Å². The zero-order valence-corrected chi connectivity index (χ0v) is 21.0. The molecule has 2 heterocycles. The smallest absolute Gasteiger partial charge is 0.231 e. The maximum absolute atomic E-state index is 6.64. The molecular weight excluding hydrogens is 476 g/mol. The highest BCUT2D eigenvalue weighted by Crippen LogP contribution is 2.43. The topological polar surface area (TPSA) is 38.9 Å². The number of hydrogen-bond donors (Lipinski definition) is 0. The Hall–Kier alpha value is -5.28. The van der Waals surface area contributed by atoms with Crippen molar-refractivity contribution < 1.29 is 4.42 Å². The van der Waals surface area contributed by atoms with E-state index in [9.17, 15) is 0 Å². The van der Waals surface area contributed by atoms with Gasteiger partial charge in [-0.3, -0.25) is 0 Å². The van der Waals surface area contributed by atoms with Crippen molar-refractivity contribution in [3.63, 3.8) is 0 Å². The Morgan fingerprint density at radius 1 is 0.385 bits per heavy atom. The maximum Gasteiger partial charge on any atom is 0.231 e. The van der Waals surface area contributed by atoms with Crippen LogP contribution in [0.3, 0.4) is 0 Å². The van der Waals surface area contributed by atoms with Crippen LogP contribution in [0.4, 0.5) is 0 Å². The number of rotatable bonds is 3. The van der Waals surface area contributed by atoms with Crippen LogP contribution in [0, 0.1) is 0 Å². The monoisotopic (exact) mass is 498 g/mol. The molecule has 0 bridgehead atoms. The molecule has 0 radical (unpaired) electrons. The van der Waals surface area contributed by atoms with Gasteiger partial charge in [0, 0.05) is 21.9 Å². The summed E-state index contributed by atoms with van der Waals surface area (Å²) in [6, 6.07) is 46.1. The van der Waals surface area contributed by atoms with Gasteiger partial charge in [-0.2, -0.15) is 4.98 Å². The summed E-state index contributed by atoms with van der Waals surface area (Å²) in [5.41, 5.74) is 6.66. The molecule has 6 aromatic carbocycles. The van der Waals surface area contributed by atoms with Crippen molar-refractivity contribution in [1.29, 1.82) is 0 Å². The Bertz CT molecular complexity index is 2150. The summed E-state index contributed by atoms with van der Waals surface area (Å²) < 4.78 is 6.64. The van der Waals surface area contributed by atoms with Gasteiger partial charge in [-0.1, -0.05) is 133 Å². The van der Waals surface area contributed by atoms with E-state index in [1.165, 1.54) is 21.9 Å². The van der Waals surface area contributed by atoms with Crippen LogP contribution in [0.2, 0.25) is 0 Å². The highest BCUT2D eigenvalue weighted by molar-refractivity contribution is 6.31. The number of furan rings is 1. The van der Waals surface area contributed by atoms with Gasteiger partial charge in [0.2, 0.25) is 5.71 Å². The van der Waals surface area contributed by atoms with Crippen molar-refractivity contribution in [3.8, 4) is 33.8 Å². The van der Waals surface area contributed by atoms with Crippen LogP contribution in [0.15, 0.2) is 138 Å². The molecule has 39 heavy (non-hydrogen) atoms. The molecule has 3 nitrogen and oxygen atoms in total. The van der Waals surface area contributed by atoms with Gasteiger partial charge >= 0.3 is 0 Å². The van der Waals surface area contributed by atoms with Crippen molar-refractivity contribution in [2.24, 2.45) is 0 Å².